The highest BCUT2D eigenvalue weighted by molar-refractivity contribution is 7.89. The minimum atomic E-state index is -4.79. The molecule has 0 aliphatic carbocycles. The number of rotatable bonds is 5. The second-order valence-corrected chi connectivity index (χ2v) is 9.69. The van der Waals surface area contributed by atoms with Gasteiger partial charge in [0.05, 0.1) is 4.90 Å². The highest BCUT2D eigenvalue weighted by Crippen LogP contribution is 2.28. The third-order valence-electron chi connectivity index (χ3n) is 5.54. The number of piperidine rings is 1. The molecule has 0 aromatic heterocycles. The van der Waals surface area contributed by atoms with Gasteiger partial charge in [-0.15, -0.1) is 13.2 Å². The first-order chi connectivity index (χ1) is 15.6. The van der Waals surface area contributed by atoms with Gasteiger partial charge in [-0.25, -0.2) is 8.42 Å². The van der Waals surface area contributed by atoms with E-state index in [2.05, 4.69) is 10.1 Å². The molecular weight excluding hydrogens is 457 g/mol. The molecular formula is C23H21F3N2O4S. The van der Waals surface area contributed by atoms with Crippen LogP contribution in [0.4, 0.5) is 18.9 Å². The molecule has 0 atom stereocenters. The van der Waals surface area contributed by atoms with Crippen molar-refractivity contribution in [2.24, 2.45) is 5.92 Å². The van der Waals surface area contributed by atoms with Crippen LogP contribution in [0, 0.1) is 5.92 Å². The van der Waals surface area contributed by atoms with Crippen LogP contribution < -0.4 is 10.1 Å². The first kappa shape index (κ1) is 23.1. The number of nitrogens with one attached hydrogen (secondary N) is 1. The molecule has 1 N–H and O–H groups in total. The Morgan fingerprint density at radius 3 is 2.21 bits per heavy atom. The summed E-state index contributed by atoms with van der Waals surface area (Å²) >= 11 is 0. The fourth-order valence-electron chi connectivity index (χ4n) is 3.82. The van der Waals surface area contributed by atoms with Crippen molar-refractivity contribution >= 4 is 32.4 Å². The third kappa shape index (κ3) is 5.45. The number of halogens is 3. The summed E-state index contributed by atoms with van der Waals surface area (Å²) in [6, 6.07) is 17.4. The summed E-state index contributed by atoms with van der Waals surface area (Å²) in [6.07, 6.45) is -4.10. The molecule has 0 unspecified atom stereocenters. The van der Waals surface area contributed by atoms with Crippen molar-refractivity contribution in [1.82, 2.24) is 4.31 Å². The van der Waals surface area contributed by atoms with Crippen molar-refractivity contribution < 1.29 is 31.1 Å². The predicted octanol–water partition coefficient (Wildman–Crippen LogP) is 4.78. The molecule has 33 heavy (non-hydrogen) atoms. The van der Waals surface area contributed by atoms with Gasteiger partial charge in [0.1, 0.15) is 5.75 Å². The van der Waals surface area contributed by atoms with Crippen LogP contribution in [-0.4, -0.2) is 38.1 Å². The molecule has 3 aromatic carbocycles. The third-order valence-corrected chi connectivity index (χ3v) is 7.43. The van der Waals surface area contributed by atoms with Gasteiger partial charge >= 0.3 is 6.36 Å². The van der Waals surface area contributed by atoms with Gasteiger partial charge in [-0.3, -0.25) is 4.79 Å². The number of fused-ring (bicyclic) bond motifs is 1. The summed E-state index contributed by atoms with van der Waals surface area (Å²) in [5.41, 5.74) is 0.334. The lowest BCUT2D eigenvalue weighted by molar-refractivity contribution is -0.274. The summed E-state index contributed by atoms with van der Waals surface area (Å²) in [7, 11) is -3.69. The quantitative estimate of drug-likeness (QED) is 0.573. The second-order valence-electron chi connectivity index (χ2n) is 7.75. The Morgan fingerprint density at radius 1 is 0.939 bits per heavy atom. The van der Waals surface area contributed by atoms with Crippen LogP contribution in [0.5, 0.6) is 5.75 Å². The molecule has 0 radical (unpaired) electrons. The predicted molar refractivity (Wildman–Crippen MR) is 117 cm³/mol. The number of ether oxygens (including phenoxy) is 1. The van der Waals surface area contributed by atoms with Crippen LogP contribution in [0.2, 0.25) is 0 Å². The Bertz CT molecular complexity index is 1250. The van der Waals surface area contributed by atoms with Gasteiger partial charge < -0.3 is 10.1 Å². The van der Waals surface area contributed by atoms with Gasteiger partial charge in [0, 0.05) is 24.7 Å². The number of carbonyl (C=O) groups excluding carboxylic acids is 1. The van der Waals surface area contributed by atoms with E-state index in [0.29, 0.717) is 18.5 Å². The number of carbonyl (C=O) groups is 1. The normalized spacial score (nSPS) is 16.0. The summed E-state index contributed by atoms with van der Waals surface area (Å²) in [5.74, 6) is -1.09. The smallest absolute Gasteiger partial charge is 0.406 e. The van der Waals surface area contributed by atoms with Crippen LogP contribution in [-0.2, 0) is 14.8 Å². The van der Waals surface area contributed by atoms with Crippen molar-refractivity contribution in [2.45, 2.75) is 24.1 Å². The Labute approximate surface area is 189 Å². The van der Waals surface area contributed by atoms with Crippen molar-refractivity contribution in [3.05, 3.63) is 66.7 Å². The van der Waals surface area contributed by atoms with Gasteiger partial charge in [0.25, 0.3) is 0 Å². The first-order valence-electron chi connectivity index (χ1n) is 10.3. The fourth-order valence-corrected chi connectivity index (χ4v) is 5.33. The first-order valence-corrected chi connectivity index (χ1v) is 11.7. The van der Waals surface area contributed by atoms with E-state index in [-0.39, 0.29) is 29.6 Å². The monoisotopic (exact) mass is 478 g/mol. The van der Waals surface area contributed by atoms with Crippen LogP contribution in [0.15, 0.2) is 71.6 Å². The number of benzene rings is 3. The maximum atomic E-state index is 13.1. The number of nitrogens with zero attached hydrogens (tertiary/aromatic N) is 1. The Kier molecular flexibility index (Phi) is 6.31. The summed E-state index contributed by atoms with van der Waals surface area (Å²) in [6.45, 7) is 0.400. The average Bonchev–Trinajstić information content (AvgIpc) is 2.79. The van der Waals surface area contributed by atoms with Crippen molar-refractivity contribution in [1.29, 1.82) is 0 Å². The Morgan fingerprint density at radius 2 is 1.58 bits per heavy atom. The van der Waals surface area contributed by atoms with Crippen molar-refractivity contribution in [3.8, 4) is 5.75 Å². The van der Waals surface area contributed by atoms with Gasteiger partial charge in [0.15, 0.2) is 0 Å². The molecule has 0 saturated carbocycles. The zero-order chi connectivity index (χ0) is 23.6. The van der Waals surface area contributed by atoms with Crippen LogP contribution >= 0.6 is 0 Å². The largest absolute Gasteiger partial charge is 0.573 e. The number of amides is 1. The lowest BCUT2D eigenvalue weighted by Gasteiger charge is -2.30. The van der Waals surface area contributed by atoms with Gasteiger partial charge in [-0.2, -0.15) is 4.31 Å². The second kappa shape index (κ2) is 9.03. The number of hydrogen-bond donors (Lipinski definition) is 1. The highest BCUT2D eigenvalue weighted by atomic mass is 32.2. The van der Waals surface area contributed by atoms with E-state index in [1.54, 1.807) is 18.2 Å². The number of alkyl halides is 3. The lowest BCUT2D eigenvalue weighted by Crippen LogP contribution is -2.41. The van der Waals surface area contributed by atoms with E-state index < -0.39 is 22.3 Å². The zero-order valence-electron chi connectivity index (χ0n) is 17.4. The topological polar surface area (TPSA) is 75.7 Å². The van der Waals surface area contributed by atoms with E-state index in [0.717, 1.165) is 22.9 Å². The summed E-state index contributed by atoms with van der Waals surface area (Å²) in [5, 5.41) is 4.45. The number of hydrogen-bond acceptors (Lipinski definition) is 4. The van der Waals surface area contributed by atoms with E-state index in [9.17, 15) is 26.4 Å². The number of sulfonamides is 1. The molecule has 0 spiro atoms. The standard InChI is InChI=1S/C23H21F3N2O4S/c24-23(25,26)32-20-8-6-19(7-9-20)27-22(29)17-11-13-28(14-12-17)33(30,31)21-10-5-16-3-1-2-4-18(16)15-21/h1-10,15,17H,11-14H2,(H,27,29). The molecule has 6 nitrogen and oxygen atoms in total. The lowest BCUT2D eigenvalue weighted by atomic mass is 9.97. The number of anilines is 1. The van der Waals surface area contributed by atoms with E-state index >= 15 is 0 Å². The van der Waals surface area contributed by atoms with E-state index in [4.69, 9.17) is 0 Å². The van der Waals surface area contributed by atoms with Crippen molar-refractivity contribution in [3.63, 3.8) is 0 Å². The minimum absolute atomic E-state index is 0.200. The van der Waals surface area contributed by atoms with Crippen molar-refractivity contribution in [2.75, 3.05) is 18.4 Å². The maximum absolute atomic E-state index is 13.1. The van der Waals surface area contributed by atoms with Gasteiger partial charge in [-0.05, 0) is 60.0 Å². The molecule has 3 aromatic rings. The van der Waals surface area contributed by atoms with Crippen LogP contribution in [0.25, 0.3) is 10.8 Å². The minimum Gasteiger partial charge on any atom is -0.406 e. The molecule has 1 heterocycles. The average molecular weight is 478 g/mol. The zero-order valence-corrected chi connectivity index (χ0v) is 18.2. The molecule has 4 rings (SSSR count). The highest BCUT2D eigenvalue weighted by Gasteiger charge is 2.33. The molecule has 1 saturated heterocycles. The van der Waals surface area contributed by atoms with Crippen LogP contribution in [0.3, 0.4) is 0 Å². The Hall–Kier alpha value is -3.11. The Balaban J connectivity index is 1.36. The SMILES string of the molecule is O=C(Nc1ccc(OC(F)(F)F)cc1)C1CCN(S(=O)(=O)c2ccc3ccccc3c2)CC1. The van der Waals surface area contributed by atoms with Crippen LogP contribution in [0.1, 0.15) is 12.8 Å². The molecule has 1 aliphatic rings. The summed E-state index contributed by atoms with van der Waals surface area (Å²) in [4.78, 5) is 12.8. The summed E-state index contributed by atoms with van der Waals surface area (Å²) < 4.78 is 68.1. The van der Waals surface area contributed by atoms with Gasteiger partial charge in [-0.1, -0.05) is 30.3 Å². The van der Waals surface area contributed by atoms with Gasteiger partial charge in [0.2, 0.25) is 15.9 Å². The molecule has 1 aliphatic heterocycles. The molecule has 174 valence electrons. The molecule has 1 amide bonds. The van der Waals surface area contributed by atoms with E-state index in [1.165, 1.54) is 16.4 Å². The maximum Gasteiger partial charge on any atom is 0.573 e. The molecule has 1 fully saturated rings. The fraction of sp³-hybridized carbons (Fsp3) is 0.261. The molecule has 0 bridgehead atoms. The molecule has 10 heteroatoms. The van der Waals surface area contributed by atoms with E-state index in [1.807, 2.05) is 24.3 Å².